The van der Waals surface area contributed by atoms with Gasteiger partial charge in [0, 0.05) is 11.5 Å². The maximum atomic E-state index is 12.5. The number of ether oxygens (including phenoxy) is 3. The highest BCUT2D eigenvalue weighted by Crippen LogP contribution is 2.31. The van der Waals surface area contributed by atoms with Crippen molar-refractivity contribution in [1.29, 1.82) is 0 Å². The van der Waals surface area contributed by atoms with Crippen LogP contribution in [0.4, 0.5) is 5.69 Å². The summed E-state index contributed by atoms with van der Waals surface area (Å²) in [4.78, 5) is 16.7. The van der Waals surface area contributed by atoms with Gasteiger partial charge < -0.3 is 23.9 Å². The van der Waals surface area contributed by atoms with Gasteiger partial charge in [-0.1, -0.05) is 24.3 Å². The number of hydrogen-bond acceptors (Lipinski definition) is 6. The molecule has 7 heteroatoms. The number of rotatable bonds is 6. The summed E-state index contributed by atoms with van der Waals surface area (Å²) in [5, 5.41) is 3.54. The summed E-state index contributed by atoms with van der Waals surface area (Å²) in [6.07, 6.45) is 1.51. The molecule has 0 atom stereocenters. The number of aromatic nitrogens is 1. The number of carbonyl (C=O) groups excluding carboxylic acids is 1. The summed E-state index contributed by atoms with van der Waals surface area (Å²) < 4.78 is 21.9. The number of anilines is 1. The van der Waals surface area contributed by atoms with Crippen LogP contribution in [0.3, 0.4) is 0 Å². The molecule has 29 heavy (non-hydrogen) atoms. The summed E-state index contributed by atoms with van der Waals surface area (Å²) in [6, 6.07) is 17.8. The van der Waals surface area contributed by atoms with Gasteiger partial charge in [0.2, 0.25) is 5.88 Å². The number of furan rings is 1. The van der Waals surface area contributed by atoms with Gasteiger partial charge in [-0.3, -0.25) is 4.79 Å². The van der Waals surface area contributed by atoms with E-state index >= 15 is 0 Å². The topological polar surface area (TPSA) is 82.8 Å². The van der Waals surface area contributed by atoms with E-state index in [9.17, 15) is 4.79 Å². The molecule has 0 spiro atoms. The molecule has 2 aromatic heterocycles. The Labute approximate surface area is 166 Å². The van der Waals surface area contributed by atoms with Crippen molar-refractivity contribution < 1.29 is 23.4 Å². The first-order valence-electron chi connectivity index (χ1n) is 8.83. The lowest BCUT2D eigenvalue weighted by molar-refractivity contribution is 0.0998. The van der Waals surface area contributed by atoms with Crippen molar-refractivity contribution >= 4 is 22.6 Å². The maximum absolute atomic E-state index is 12.5. The van der Waals surface area contributed by atoms with E-state index in [0.717, 1.165) is 5.39 Å². The van der Waals surface area contributed by atoms with Gasteiger partial charge >= 0.3 is 0 Å². The lowest BCUT2D eigenvalue weighted by Crippen LogP contribution is -2.10. The van der Waals surface area contributed by atoms with Crippen molar-refractivity contribution in [2.45, 2.75) is 0 Å². The van der Waals surface area contributed by atoms with E-state index in [4.69, 9.17) is 18.6 Å². The van der Waals surface area contributed by atoms with Crippen LogP contribution < -0.4 is 19.5 Å². The molecule has 2 heterocycles. The molecule has 0 bridgehead atoms. The molecule has 1 amide bonds. The number of benzene rings is 2. The van der Waals surface area contributed by atoms with Gasteiger partial charge in [-0.2, -0.15) is 0 Å². The molecule has 0 unspecified atom stereocenters. The predicted molar refractivity (Wildman–Crippen MR) is 108 cm³/mol. The SMILES string of the molecule is COc1ccccc1Oc1ccc(NC(=O)c2cc3cccc(OC)c3o2)cn1. The first-order valence-corrected chi connectivity index (χ1v) is 8.83. The van der Waals surface area contributed by atoms with Crippen LogP contribution in [0.15, 0.2) is 71.3 Å². The number of nitrogens with zero attached hydrogens (tertiary/aromatic N) is 1. The minimum atomic E-state index is -0.386. The summed E-state index contributed by atoms with van der Waals surface area (Å²) in [5.41, 5.74) is 1.04. The lowest BCUT2D eigenvalue weighted by atomic mass is 10.2. The van der Waals surface area contributed by atoms with Crippen LogP contribution in [0.1, 0.15) is 10.6 Å². The summed E-state index contributed by atoms with van der Waals surface area (Å²) in [5.74, 6) is 1.90. The molecule has 0 aliphatic carbocycles. The highest BCUT2D eigenvalue weighted by Gasteiger charge is 2.15. The number of amides is 1. The molecular formula is C22H18N2O5. The van der Waals surface area contributed by atoms with Crippen LogP contribution in [-0.4, -0.2) is 25.1 Å². The van der Waals surface area contributed by atoms with Crippen LogP contribution in [0, 0.1) is 0 Å². The average molecular weight is 390 g/mol. The summed E-state index contributed by atoms with van der Waals surface area (Å²) >= 11 is 0. The van der Waals surface area contributed by atoms with Crippen molar-refractivity contribution in [2.75, 3.05) is 19.5 Å². The molecule has 7 nitrogen and oxygen atoms in total. The third kappa shape index (κ3) is 3.84. The van der Waals surface area contributed by atoms with Crippen LogP contribution in [0.5, 0.6) is 23.1 Å². The fourth-order valence-electron chi connectivity index (χ4n) is 2.83. The minimum Gasteiger partial charge on any atom is -0.493 e. The fraction of sp³-hybridized carbons (Fsp3) is 0.0909. The Morgan fingerprint density at radius 3 is 2.41 bits per heavy atom. The number of fused-ring (bicyclic) bond motifs is 1. The molecule has 4 rings (SSSR count). The number of methoxy groups -OCH3 is 2. The lowest BCUT2D eigenvalue weighted by Gasteiger charge is -2.09. The van der Waals surface area contributed by atoms with Gasteiger partial charge in [-0.05, 0) is 30.3 Å². The van der Waals surface area contributed by atoms with Crippen molar-refractivity contribution in [1.82, 2.24) is 4.98 Å². The zero-order valence-electron chi connectivity index (χ0n) is 15.8. The molecule has 0 saturated heterocycles. The Kier molecular flexibility index (Phi) is 5.03. The average Bonchev–Trinajstić information content (AvgIpc) is 3.20. The van der Waals surface area contributed by atoms with Gasteiger partial charge in [0.25, 0.3) is 5.91 Å². The van der Waals surface area contributed by atoms with Gasteiger partial charge in [0.1, 0.15) is 0 Å². The first kappa shape index (κ1) is 18.4. The van der Waals surface area contributed by atoms with E-state index in [-0.39, 0.29) is 11.7 Å². The van der Waals surface area contributed by atoms with E-state index in [1.165, 1.54) is 6.20 Å². The Hall–Kier alpha value is -4.00. The van der Waals surface area contributed by atoms with Crippen LogP contribution in [0.25, 0.3) is 11.0 Å². The van der Waals surface area contributed by atoms with E-state index in [0.29, 0.717) is 34.4 Å². The molecule has 146 valence electrons. The molecule has 0 aliphatic heterocycles. The van der Waals surface area contributed by atoms with Gasteiger partial charge in [-0.25, -0.2) is 4.98 Å². The highest BCUT2D eigenvalue weighted by atomic mass is 16.5. The highest BCUT2D eigenvalue weighted by molar-refractivity contribution is 6.05. The predicted octanol–water partition coefficient (Wildman–Crippen LogP) is 4.89. The smallest absolute Gasteiger partial charge is 0.291 e. The zero-order valence-corrected chi connectivity index (χ0v) is 15.8. The van der Waals surface area contributed by atoms with E-state index < -0.39 is 0 Å². The van der Waals surface area contributed by atoms with Crippen LogP contribution >= 0.6 is 0 Å². The Balaban J connectivity index is 1.48. The molecule has 0 radical (unpaired) electrons. The van der Waals surface area contributed by atoms with E-state index in [2.05, 4.69) is 10.3 Å². The number of nitrogens with one attached hydrogen (secondary N) is 1. The Morgan fingerprint density at radius 1 is 0.931 bits per heavy atom. The van der Waals surface area contributed by atoms with Gasteiger partial charge in [0.15, 0.2) is 28.6 Å². The Morgan fingerprint density at radius 2 is 1.69 bits per heavy atom. The molecular weight excluding hydrogens is 372 g/mol. The standard InChI is InChI=1S/C22H18N2O5/c1-26-16-7-3-4-8-17(16)28-20-11-10-15(13-23-20)24-22(25)19-12-14-6-5-9-18(27-2)21(14)29-19/h3-13H,1-2H3,(H,24,25). The van der Waals surface area contributed by atoms with Crippen molar-refractivity contribution in [3.8, 4) is 23.1 Å². The monoisotopic (exact) mass is 390 g/mol. The van der Waals surface area contributed by atoms with Crippen molar-refractivity contribution in [3.05, 3.63) is 72.6 Å². The number of para-hydroxylation sites is 3. The number of pyridine rings is 1. The van der Waals surface area contributed by atoms with Crippen molar-refractivity contribution in [3.63, 3.8) is 0 Å². The maximum Gasteiger partial charge on any atom is 0.291 e. The molecule has 0 saturated carbocycles. The normalized spacial score (nSPS) is 10.6. The fourth-order valence-corrected chi connectivity index (χ4v) is 2.83. The molecule has 4 aromatic rings. The largest absolute Gasteiger partial charge is 0.493 e. The third-order valence-corrected chi connectivity index (χ3v) is 4.23. The third-order valence-electron chi connectivity index (χ3n) is 4.23. The van der Waals surface area contributed by atoms with E-state index in [1.807, 2.05) is 24.3 Å². The number of carbonyl (C=O) groups is 1. The Bertz CT molecular complexity index is 1150. The second kappa shape index (κ2) is 7.93. The summed E-state index contributed by atoms with van der Waals surface area (Å²) in [6.45, 7) is 0. The molecule has 0 aliphatic rings. The first-order chi connectivity index (χ1) is 14.2. The van der Waals surface area contributed by atoms with Crippen molar-refractivity contribution in [2.24, 2.45) is 0 Å². The molecule has 1 N–H and O–H groups in total. The van der Waals surface area contributed by atoms with Crippen LogP contribution in [-0.2, 0) is 0 Å². The van der Waals surface area contributed by atoms with Gasteiger partial charge in [0.05, 0.1) is 26.1 Å². The molecule has 2 aromatic carbocycles. The van der Waals surface area contributed by atoms with E-state index in [1.54, 1.807) is 50.6 Å². The van der Waals surface area contributed by atoms with Gasteiger partial charge in [-0.15, -0.1) is 0 Å². The second-order valence-corrected chi connectivity index (χ2v) is 6.08. The zero-order chi connectivity index (χ0) is 20.2. The minimum absolute atomic E-state index is 0.179. The summed E-state index contributed by atoms with van der Waals surface area (Å²) in [7, 11) is 3.12. The molecule has 0 fully saturated rings. The quantitative estimate of drug-likeness (QED) is 0.505. The number of hydrogen-bond donors (Lipinski definition) is 1. The second-order valence-electron chi connectivity index (χ2n) is 6.08. The van der Waals surface area contributed by atoms with Crippen LogP contribution in [0.2, 0.25) is 0 Å².